The Kier molecular flexibility index (Phi) is 6.33. The lowest BCUT2D eigenvalue weighted by Crippen LogP contribution is -2.30. The smallest absolute Gasteiger partial charge is 0.268 e. The molecule has 6 nitrogen and oxygen atoms in total. The molecule has 226 valence electrons. The van der Waals surface area contributed by atoms with Gasteiger partial charge in [0, 0.05) is 63.4 Å². The van der Waals surface area contributed by atoms with Crippen LogP contribution in [0, 0.1) is 0 Å². The second kappa shape index (κ2) is 11.0. The predicted octanol–water partition coefficient (Wildman–Crippen LogP) is 9.38. The Balaban J connectivity index is 1.36. The fraction of sp³-hybridized carbons (Fsp3) is 0. The fourth-order valence-corrected chi connectivity index (χ4v) is 7.07. The molecule has 0 fully saturated rings. The number of para-hydroxylation sites is 3. The number of nitrogens with zero attached hydrogens (tertiary/aromatic N) is 4. The minimum atomic E-state index is -0.360. The van der Waals surface area contributed by atoms with E-state index in [1.807, 2.05) is 103 Å². The second-order valence-electron chi connectivity index (χ2n) is 11.8. The number of pyridine rings is 2. The Bertz CT molecular complexity index is 2440. The van der Waals surface area contributed by atoms with Gasteiger partial charge in [0.05, 0.1) is 33.5 Å². The number of amides is 2. The Labute approximate surface area is 276 Å². The van der Waals surface area contributed by atoms with E-state index >= 15 is 0 Å². The summed E-state index contributed by atoms with van der Waals surface area (Å²) in [5, 5.41) is 2.05. The molecule has 4 heterocycles. The predicted molar refractivity (Wildman–Crippen MR) is 190 cm³/mol. The van der Waals surface area contributed by atoms with Crippen LogP contribution in [0.25, 0.3) is 60.9 Å². The first-order valence-electron chi connectivity index (χ1n) is 15.7. The highest BCUT2D eigenvalue weighted by Gasteiger charge is 2.40. The van der Waals surface area contributed by atoms with Gasteiger partial charge in [0.25, 0.3) is 11.8 Å². The van der Waals surface area contributed by atoms with Crippen LogP contribution in [-0.2, 0) is 0 Å². The molecule has 5 aromatic carbocycles. The van der Waals surface area contributed by atoms with Gasteiger partial charge in [-0.2, -0.15) is 0 Å². The zero-order valence-electron chi connectivity index (χ0n) is 25.6. The first kappa shape index (κ1) is 27.6. The number of aromatic nitrogens is 3. The van der Waals surface area contributed by atoms with Crippen molar-refractivity contribution >= 4 is 39.3 Å². The minimum absolute atomic E-state index is 0.346. The van der Waals surface area contributed by atoms with Crippen molar-refractivity contribution in [2.75, 3.05) is 4.90 Å². The van der Waals surface area contributed by atoms with Gasteiger partial charge < -0.3 is 4.57 Å². The Morgan fingerprint density at radius 2 is 0.938 bits per heavy atom. The first-order valence-corrected chi connectivity index (χ1v) is 15.7. The molecule has 0 spiro atoms. The van der Waals surface area contributed by atoms with Crippen LogP contribution in [0.2, 0.25) is 0 Å². The number of anilines is 1. The zero-order valence-corrected chi connectivity index (χ0v) is 25.6. The van der Waals surface area contributed by atoms with Crippen LogP contribution in [-0.4, -0.2) is 26.3 Å². The summed E-state index contributed by atoms with van der Waals surface area (Å²) < 4.78 is 2.16. The Morgan fingerprint density at radius 3 is 1.56 bits per heavy atom. The van der Waals surface area contributed by atoms with Gasteiger partial charge >= 0.3 is 0 Å². The van der Waals surface area contributed by atoms with E-state index in [2.05, 4.69) is 50.9 Å². The molecule has 1 aliphatic heterocycles. The van der Waals surface area contributed by atoms with Gasteiger partial charge in [-0.05, 0) is 35.9 Å². The summed E-state index contributed by atoms with van der Waals surface area (Å²) in [6, 6.07) is 43.4. The topological polar surface area (TPSA) is 68.1 Å². The molecule has 1 aliphatic rings. The molecule has 0 atom stereocenters. The standard InChI is InChI=1S/C42H26N4O2/c47-41-35-20-8-22-37(38(35)42(48)46(41)36-21-5-4-15-30(36)27-11-2-1-3-12-27)45-39-31(28-13-9-23-43-25-28)16-6-18-33(39)34-19-7-17-32(40(34)45)29-14-10-24-44-26-29/h1-26H. The molecule has 0 radical (unpaired) electrons. The molecule has 3 aromatic heterocycles. The molecule has 0 bridgehead atoms. The molecule has 0 aliphatic carbocycles. The molecule has 6 heteroatoms. The molecule has 8 aromatic rings. The normalized spacial score (nSPS) is 12.6. The van der Waals surface area contributed by atoms with Crippen LogP contribution in [0.15, 0.2) is 158 Å². The van der Waals surface area contributed by atoms with Crippen molar-refractivity contribution in [1.29, 1.82) is 0 Å². The van der Waals surface area contributed by atoms with Crippen LogP contribution in [0.3, 0.4) is 0 Å². The molecule has 0 saturated carbocycles. The van der Waals surface area contributed by atoms with Crippen molar-refractivity contribution in [3.05, 3.63) is 169 Å². The van der Waals surface area contributed by atoms with E-state index in [0.29, 0.717) is 22.5 Å². The Hall–Kier alpha value is -6.66. The van der Waals surface area contributed by atoms with Gasteiger partial charge in [0.2, 0.25) is 0 Å². The number of carbonyl (C=O) groups excluding carboxylic acids is 2. The zero-order chi connectivity index (χ0) is 32.2. The fourth-order valence-electron chi connectivity index (χ4n) is 7.07. The molecule has 0 saturated heterocycles. The minimum Gasteiger partial charge on any atom is -0.307 e. The van der Waals surface area contributed by atoms with Crippen LogP contribution in [0.5, 0.6) is 0 Å². The van der Waals surface area contributed by atoms with Crippen molar-refractivity contribution in [2.45, 2.75) is 0 Å². The van der Waals surface area contributed by atoms with Crippen molar-refractivity contribution in [3.8, 4) is 39.1 Å². The number of carbonyl (C=O) groups is 2. The third-order valence-electron chi connectivity index (χ3n) is 9.12. The number of benzene rings is 5. The van der Waals surface area contributed by atoms with E-state index in [-0.39, 0.29) is 11.8 Å². The van der Waals surface area contributed by atoms with Crippen molar-refractivity contribution < 1.29 is 9.59 Å². The van der Waals surface area contributed by atoms with E-state index in [0.717, 1.165) is 55.2 Å². The van der Waals surface area contributed by atoms with Crippen molar-refractivity contribution in [2.24, 2.45) is 0 Å². The molecule has 9 rings (SSSR count). The lowest BCUT2D eigenvalue weighted by Gasteiger charge is -2.19. The summed E-state index contributed by atoms with van der Waals surface area (Å²) in [5.74, 6) is -0.706. The lowest BCUT2D eigenvalue weighted by atomic mass is 10.0. The summed E-state index contributed by atoms with van der Waals surface area (Å²) in [6.45, 7) is 0. The average Bonchev–Trinajstić information content (AvgIpc) is 3.63. The van der Waals surface area contributed by atoms with Gasteiger partial charge in [-0.3, -0.25) is 19.6 Å². The second-order valence-corrected chi connectivity index (χ2v) is 11.8. The van der Waals surface area contributed by atoms with Gasteiger partial charge in [0.1, 0.15) is 0 Å². The molecular weight excluding hydrogens is 592 g/mol. The quantitative estimate of drug-likeness (QED) is 0.180. The van der Waals surface area contributed by atoms with Gasteiger partial charge in [-0.15, -0.1) is 0 Å². The van der Waals surface area contributed by atoms with Crippen molar-refractivity contribution in [1.82, 2.24) is 14.5 Å². The van der Waals surface area contributed by atoms with Crippen LogP contribution in [0.1, 0.15) is 20.7 Å². The Morgan fingerprint density at radius 1 is 0.417 bits per heavy atom. The van der Waals surface area contributed by atoms with Gasteiger partial charge in [-0.1, -0.05) is 103 Å². The third-order valence-corrected chi connectivity index (χ3v) is 9.12. The molecule has 2 amide bonds. The van der Waals surface area contributed by atoms with Crippen molar-refractivity contribution in [3.63, 3.8) is 0 Å². The third kappa shape index (κ3) is 4.13. The SMILES string of the molecule is O=C1c2cccc(-n3c4c(-c5cccnc5)cccc4c4cccc(-c5cccnc5)c43)c2C(=O)N1c1ccccc1-c1ccccc1. The highest BCUT2D eigenvalue weighted by atomic mass is 16.2. The monoisotopic (exact) mass is 618 g/mol. The highest BCUT2D eigenvalue weighted by Crippen LogP contribution is 2.44. The lowest BCUT2D eigenvalue weighted by molar-refractivity contribution is 0.0926. The number of hydrogen-bond acceptors (Lipinski definition) is 4. The van der Waals surface area contributed by atoms with E-state index in [9.17, 15) is 9.59 Å². The number of imide groups is 1. The molecule has 0 N–H and O–H groups in total. The number of rotatable bonds is 5. The highest BCUT2D eigenvalue weighted by molar-refractivity contribution is 6.36. The van der Waals surface area contributed by atoms with Gasteiger partial charge in [-0.25, -0.2) is 4.90 Å². The van der Waals surface area contributed by atoms with Crippen LogP contribution >= 0.6 is 0 Å². The molecule has 0 unspecified atom stereocenters. The summed E-state index contributed by atoms with van der Waals surface area (Å²) in [6.07, 6.45) is 7.22. The maximum Gasteiger partial charge on any atom is 0.268 e. The van der Waals surface area contributed by atoms with E-state index < -0.39 is 0 Å². The van der Waals surface area contributed by atoms with E-state index in [1.165, 1.54) is 4.90 Å². The number of fused-ring (bicyclic) bond motifs is 4. The summed E-state index contributed by atoms with van der Waals surface area (Å²) in [7, 11) is 0. The average molecular weight is 619 g/mol. The molecule has 48 heavy (non-hydrogen) atoms. The van der Waals surface area contributed by atoms with Crippen LogP contribution in [0.4, 0.5) is 5.69 Å². The maximum absolute atomic E-state index is 14.8. The summed E-state index contributed by atoms with van der Waals surface area (Å²) >= 11 is 0. The molecular formula is C42H26N4O2. The summed E-state index contributed by atoms with van der Waals surface area (Å²) in [4.78, 5) is 39.2. The van der Waals surface area contributed by atoms with Crippen LogP contribution < -0.4 is 4.90 Å². The summed E-state index contributed by atoms with van der Waals surface area (Å²) in [5.41, 5.74) is 9.34. The van der Waals surface area contributed by atoms with Gasteiger partial charge in [0.15, 0.2) is 0 Å². The largest absolute Gasteiger partial charge is 0.307 e. The maximum atomic E-state index is 14.8. The first-order chi connectivity index (χ1) is 23.7. The van der Waals surface area contributed by atoms with E-state index in [4.69, 9.17) is 0 Å². The number of hydrogen-bond donors (Lipinski definition) is 0. The van der Waals surface area contributed by atoms with E-state index in [1.54, 1.807) is 18.5 Å².